The fourth-order valence-electron chi connectivity index (χ4n) is 2.35. The van der Waals surface area contributed by atoms with Crippen molar-refractivity contribution >= 4 is 12.0 Å². The van der Waals surface area contributed by atoms with Crippen molar-refractivity contribution in [2.45, 2.75) is 19.8 Å². The predicted octanol–water partition coefficient (Wildman–Crippen LogP) is 2.34. The molecule has 1 aliphatic heterocycles. The lowest BCUT2D eigenvalue weighted by atomic mass is 9.99. The van der Waals surface area contributed by atoms with Crippen LogP contribution in [-0.2, 0) is 4.79 Å². The summed E-state index contributed by atoms with van der Waals surface area (Å²) in [5.74, 6) is 0.195. The molecule has 1 amide bonds. The number of halogens is 1. The fourth-order valence-corrected chi connectivity index (χ4v) is 2.35. The predicted molar refractivity (Wildman–Crippen MR) is 78.7 cm³/mol. The highest BCUT2D eigenvalue weighted by atomic mass is 19.1. The molecule has 0 saturated carbocycles. The second kappa shape index (κ2) is 7.20. The van der Waals surface area contributed by atoms with Gasteiger partial charge < -0.3 is 10.6 Å². The Labute approximate surface area is 119 Å². The van der Waals surface area contributed by atoms with Crippen molar-refractivity contribution in [1.82, 2.24) is 10.6 Å². The fraction of sp³-hybridized carbons (Fsp3) is 0.438. The van der Waals surface area contributed by atoms with E-state index in [1.807, 2.05) is 0 Å². The van der Waals surface area contributed by atoms with Gasteiger partial charge in [0.05, 0.1) is 0 Å². The largest absolute Gasteiger partial charge is 0.352 e. The number of benzene rings is 1. The third-order valence-corrected chi connectivity index (χ3v) is 3.56. The molecule has 1 aliphatic rings. The number of carbonyl (C=O) groups excluding carboxylic acids is 1. The molecule has 2 rings (SSSR count). The van der Waals surface area contributed by atoms with Crippen LogP contribution in [-0.4, -0.2) is 25.5 Å². The van der Waals surface area contributed by atoms with E-state index >= 15 is 0 Å². The first-order chi connectivity index (χ1) is 9.65. The second-order valence-electron chi connectivity index (χ2n) is 5.30. The van der Waals surface area contributed by atoms with E-state index in [4.69, 9.17) is 0 Å². The van der Waals surface area contributed by atoms with Gasteiger partial charge in [0, 0.05) is 12.1 Å². The van der Waals surface area contributed by atoms with Crippen LogP contribution >= 0.6 is 0 Å². The lowest BCUT2D eigenvalue weighted by Gasteiger charge is -2.22. The first-order valence-corrected chi connectivity index (χ1v) is 7.08. The normalized spacial score (nSPS) is 19.7. The Bertz CT molecular complexity index is 476. The number of amides is 1. The minimum atomic E-state index is -0.269. The third kappa shape index (κ3) is 4.46. The van der Waals surface area contributed by atoms with Gasteiger partial charge in [-0.05, 0) is 62.5 Å². The average molecular weight is 276 g/mol. The zero-order valence-corrected chi connectivity index (χ0v) is 11.8. The van der Waals surface area contributed by atoms with Crippen LogP contribution < -0.4 is 10.6 Å². The summed E-state index contributed by atoms with van der Waals surface area (Å²) in [6.45, 7) is 4.53. The highest BCUT2D eigenvalue weighted by Gasteiger charge is 2.14. The van der Waals surface area contributed by atoms with Crippen molar-refractivity contribution in [1.29, 1.82) is 0 Å². The van der Waals surface area contributed by atoms with Gasteiger partial charge in [0.2, 0.25) is 5.91 Å². The molecule has 108 valence electrons. The summed E-state index contributed by atoms with van der Waals surface area (Å²) in [5, 5.41) is 6.29. The van der Waals surface area contributed by atoms with E-state index in [2.05, 4.69) is 10.6 Å². The van der Waals surface area contributed by atoms with Crippen LogP contribution in [0.1, 0.15) is 25.3 Å². The van der Waals surface area contributed by atoms with Crippen molar-refractivity contribution in [3.63, 3.8) is 0 Å². The molecule has 1 fully saturated rings. The Morgan fingerprint density at radius 2 is 2.20 bits per heavy atom. The van der Waals surface area contributed by atoms with Gasteiger partial charge >= 0.3 is 0 Å². The number of carbonyl (C=O) groups is 1. The number of hydrogen-bond acceptors (Lipinski definition) is 2. The molecule has 0 bridgehead atoms. The van der Waals surface area contributed by atoms with Crippen molar-refractivity contribution in [2.24, 2.45) is 5.92 Å². The van der Waals surface area contributed by atoms with E-state index in [0.717, 1.165) is 25.1 Å². The summed E-state index contributed by atoms with van der Waals surface area (Å²) in [7, 11) is 0. The number of hydrogen-bond donors (Lipinski definition) is 2. The van der Waals surface area contributed by atoms with Crippen LogP contribution in [0.25, 0.3) is 6.08 Å². The van der Waals surface area contributed by atoms with Gasteiger partial charge in [-0.25, -0.2) is 4.39 Å². The highest BCUT2D eigenvalue weighted by Crippen LogP contribution is 2.10. The van der Waals surface area contributed by atoms with Crippen molar-refractivity contribution < 1.29 is 9.18 Å². The standard InChI is InChI=1S/C16H21FN2O/c1-12(9-13-4-6-15(17)7-5-13)16(20)19-11-14-3-2-8-18-10-14/h4-7,9,14,18H,2-3,8,10-11H2,1H3,(H,19,20)/b12-9-. The van der Waals surface area contributed by atoms with Crippen LogP contribution in [0.15, 0.2) is 29.8 Å². The van der Waals surface area contributed by atoms with Crippen molar-refractivity contribution in [3.05, 3.63) is 41.2 Å². The van der Waals surface area contributed by atoms with Crippen LogP contribution in [0.2, 0.25) is 0 Å². The van der Waals surface area contributed by atoms with Gasteiger partial charge in [0.25, 0.3) is 0 Å². The monoisotopic (exact) mass is 276 g/mol. The lowest BCUT2D eigenvalue weighted by Crippen LogP contribution is -2.38. The number of nitrogens with one attached hydrogen (secondary N) is 2. The summed E-state index contributed by atoms with van der Waals surface area (Å²) >= 11 is 0. The SMILES string of the molecule is C/C(=C/c1ccc(F)cc1)C(=O)NCC1CCCNC1. The van der Waals surface area contributed by atoms with E-state index in [1.54, 1.807) is 25.1 Å². The van der Waals surface area contributed by atoms with Gasteiger partial charge in [0.15, 0.2) is 0 Å². The molecule has 1 heterocycles. The highest BCUT2D eigenvalue weighted by molar-refractivity contribution is 5.97. The smallest absolute Gasteiger partial charge is 0.246 e. The van der Waals surface area contributed by atoms with E-state index in [-0.39, 0.29) is 11.7 Å². The van der Waals surface area contributed by atoms with E-state index in [1.165, 1.54) is 18.6 Å². The molecule has 0 radical (unpaired) electrons. The topological polar surface area (TPSA) is 41.1 Å². The van der Waals surface area contributed by atoms with E-state index < -0.39 is 0 Å². The molecule has 0 aromatic heterocycles. The van der Waals surface area contributed by atoms with Crippen molar-refractivity contribution in [3.8, 4) is 0 Å². The number of piperidine rings is 1. The Kier molecular flexibility index (Phi) is 5.30. The molecule has 0 spiro atoms. The van der Waals surface area contributed by atoms with Crippen molar-refractivity contribution in [2.75, 3.05) is 19.6 Å². The molecule has 20 heavy (non-hydrogen) atoms. The molecular formula is C16H21FN2O. The molecular weight excluding hydrogens is 255 g/mol. The first-order valence-electron chi connectivity index (χ1n) is 7.08. The zero-order valence-electron chi connectivity index (χ0n) is 11.8. The summed E-state index contributed by atoms with van der Waals surface area (Å²) in [4.78, 5) is 12.0. The van der Waals surface area contributed by atoms with Crippen LogP contribution in [0.5, 0.6) is 0 Å². The molecule has 0 aliphatic carbocycles. The Balaban J connectivity index is 1.86. The van der Waals surface area contributed by atoms with Crippen LogP contribution in [0.3, 0.4) is 0 Å². The third-order valence-electron chi connectivity index (χ3n) is 3.56. The molecule has 1 saturated heterocycles. The Morgan fingerprint density at radius 1 is 1.45 bits per heavy atom. The maximum atomic E-state index is 12.8. The van der Waals surface area contributed by atoms with Gasteiger partial charge in [-0.15, -0.1) is 0 Å². The van der Waals surface area contributed by atoms with Crippen LogP contribution in [0, 0.1) is 11.7 Å². The summed E-state index contributed by atoms with van der Waals surface area (Å²) in [6.07, 6.45) is 4.10. The number of rotatable bonds is 4. The zero-order chi connectivity index (χ0) is 14.4. The first kappa shape index (κ1) is 14.7. The van der Waals surface area contributed by atoms with E-state index in [9.17, 15) is 9.18 Å². The lowest BCUT2D eigenvalue weighted by molar-refractivity contribution is -0.117. The molecule has 1 unspecified atom stereocenters. The van der Waals surface area contributed by atoms with Crippen LogP contribution in [0.4, 0.5) is 4.39 Å². The summed E-state index contributed by atoms with van der Waals surface area (Å²) in [6, 6.07) is 6.11. The Hall–Kier alpha value is -1.68. The summed E-state index contributed by atoms with van der Waals surface area (Å²) in [5.41, 5.74) is 1.47. The quantitative estimate of drug-likeness (QED) is 0.829. The minimum absolute atomic E-state index is 0.0556. The Morgan fingerprint density at radius 3 is 2.85 bits per heavy atom. The summed E-state index contributed by atoms with van der Waals surface area (Å²) < 4.78 is 12.8. The molecule has 2 N–H and O–H groups in total. The molecule has 4 heteroatoms. The van der Waals surface area contributed by atoms with Gasteiger partial charge in [-0.2, -0.15) is 0 Å². The van der Waals surface area contributed by atoms with Gasteiger partial charge in [-0.1, -0.05) is 12.1 Å². The maximum Gasteiger partial charge on any atom is 0.246 e. The van der Waals surface area contributed by atoms with Gasteiger partial charge in [-0.3, -0.25) is 4.79 Å². The molecule has 3 nitrogen and oxygen atoms in total. The van der Waals surface area contributed by atoms with Gasteiger partial charge in [0.1, 0.15) is 5.82 Å². The minimum Gasteiger partial charge on any atom is -0.352 e. The molecule has 1 aromatic carbocycles. The average Bonchev–Trinajstić information content (AvgIpc) is 2.48. The second-order valence-corrected chi connectivity index (χ2v) is 5.30. The molecule has 1 atom stereocenters. The molecule has 1 aromatic rings. The maximum absolute atomic E-state index is 12.8. The van der Waals surface area contributed by atoms with E-state index in [0.29, 0.717) is 18.0 Å².